The first kappa shape index (κ1) is 18.9. The van der Waals surface area contributed by atoms with Gasteiger partial charge in [-0.25, -0.2) is 0 Å². The molecule has 0 saturated heterocycles. The van der Waals surface area contributed by atoms with Crippen molar-refractivity contribution < 1.29 is 14.4 Å². The molecule has 2 aromatic rings. The van der Waals surface area contributed by atoms with Crippen LogP contribution in [0.15, 0.2) is 22.9 Å². The van der Waals surface area contributed by atoms with E-state index in [2.05, 4.69) is 22.4 Å². The number of aliphatic hydroxyl groups is 1. The van der Waals surface area contributed by atoms with Gasteiger partial charge in [0, 0.05) is 17.8 Å². The number of hydrogen-bond donors (Lipinski definition) is 2. The fraction of sp³-hybridized carbons (Fsp3) is 0.421. The number of carbonyl (C=O) groups excluding carboxylic acids is 1. The van der Waals surface area contributed by atoms with Gasteiger partial charge in [-0.3, -0.25) is 9.78 Å². The van der Waals surface area contributed by atoms with Crippen LogP contribution in [0, 0.1) is 6.92 Å². The zero-order valence-electron chi connectivity index (χ0n) is 15.0. The van der Waals surface area contributed by atoms with Crippen molar-refractivity contribution in [2.24, 2.45) is 0 Å². The Morgan fingerprint density at radius 2 is 2.20 bits per heavy atom. The third-order valence-electron chi connectivity index (χ3n) is 3.87. The zero-order valence-corrected chi connectivity index (χ0v) is 15.0. The summed E-state index contributed by atoms with van der Waals surface area (Å²) in [6.07, 6.45) is 8.43. The number of aryl methyl sites for hydroxylation is 2. The van der Waals surface area contributed by atoms with E-state index in [-0.39, 0.29) is 18.6 Å². The summed E-state index contributed by atoms with van der Waals surface area (Å²) < 4.78 is 5.28. The number of hydrogen-bond acceptors (Lipinski definition) is 5. The van der Waals surface area contributed by atoms with Gasteiger partial charge in [-0.2, -0.15) is 0 Å². The SMILES string of the molecule is CCCCc1noc(C)c1C=Cc1ccc(C(=O)NC(C)CO)cn1. The van der Waals surface area contributed by atoms with Gasteiger partial charge in [0.1, 0.15) is 5.76 Å². The van der Waals surface area contributed by atoms with E-state index in [1.54, 1.807) is 19.1 Å². The van der Waals surface area contributed by atoms with Gasteiger partial charge in [-0.1, -0.05) is 18.5 Å². The molecule has 6 heteroatoms. The highest BCUT2D eigenvalue weighted by molar-refractivity contribution is 5.94. The summed E-state index contributed by atoms with van der Waals surface area (Å²) in [5.74, 6) is 0.539. The van der Waals surface area contributed by atoms with E-state index in [1.807, 2.05) is 19.1 Å². The van der Waals surface area contributed by atoms with Gasteiger partial charge >= 0.3 is 0 Å². The van der Waals surface area contributed by atoms with Crippen LogP contribution in [0.1, 0.15) is 59.8 Å². The summed E-state index contributed by atoms with van der Waals surface area (Å²) in [5.41, 5.74) is 3.16. The highest BCUT2D eigenvalue weighted by Gasteiger charge is 2.10. The van der Waals surface area contributed by atoms with Gasteiger partial charge in [0.25, 0.3) is 5.91 Å². The molecule has 0 saturated carbocycles. The van der Waals surface area contributed by atoms with Crippen LogP contribution >= 0.6 is 0 Å². The number of amides is 1. The lowest BCUT2D eigenvalue weighted by Gasteiger charge is -2.10. The molecule has 2 heterocycles. The molecule has 0 radical (unpaired) electrons. The van der Waals surface area contributed by atoms with Crippen LogP contribution < -0.4 is 5.32 Å². The second kappa shape index (κ2) is 9.13. The molecule has 134 valence electrons. The number of nitrogens with zero attached hydrogens (tertiary/aromatic N) is 2. The monoisotopic (exact) mass is 343 g/mol. The van der Waals surface area contributed by atoms with Crippen molar-refractivity contribution in [1.82, 2.24) is 15.5 Å². The van der Waals surface area contributed by atoms with Gasteiger partial charge in [-0.05, 0) is 51.0 Å². The molecule has 0 aliphatic heterocycles. The molecule has 25 heavy (non-hydrogen) atoms. The van der Waals surface area contributed by atoms with E-state index in [0.29, 0.717) is 5.56 Å². The fourth-order valence-corrected chi connectivity index (χ4v) is 2.32. The maximum atomic E-state index is 12.0. The van der Waals surface area contributed by atoms with E-state index in [4.69, 9.17) is 9.63 Å². The Labute approximate surface area is 148 Å². The van der Waals surface area contributed by atoms with Crippen molar-refractivity contribution in [2.75, 3.05) is 6.61 Å². The van der Waals surface area contributed by atoms with Gasteiger partial charge in [0.05, 0.1) is 23.6 Å². The lowest BCUT2D eigenvalue weighted by Crippen LogP contribution is -2.35. The number of rotatable bonds is 8. The summed E-state index contributed by atoms with van der Waals surface area (Å²) >= 11 is 0. The average molecular weight is 343 g/mol. The maximum Gasteiger partial charge on any atom is 0.253 e. The maximum absolute atomic E-state index is 12.0. The van der Waals surface area contributed by atoms with Crippen molar-refractivity contribution in [1.29, 1.82) is 0 Å². The molecule has 1 amide bonds. The normalized spacial score (nSPS) is 12.5. The molecule has 1 unspecified atom stereocenters. The smallest absolute Gasteiger partial charge is 0.253 e. The molecule has 0 aromatic carbocycles. The number of unbranched alkanes of at least 4 members (excludes halogenated alkanes) is 1. The van der Waals surface area contributed by atoms with Crippen molar-refractivity contribution in [3.8, 4) is 0 Å². The number of pyridine rings is 1. The summed E-state index contributed by atoms with van der Waals surface area (Å²) in [6, 6.07) is 3.21. The second-order valence-electron chi connectivity index (χ2n) is 6.06. The molecule has 0 bridgehead atoms. The standard InChI is InChI=1S/C19H25N3O3/c1-4-5-6-18-17(14(3)25-22-18)10-9-16-8-7-15(11-20-16)19(24)21-13(2)12-23/h7-11,13,23H,4-6,12H2,1-3H3,(H,21,24). The summed E-state index contributed by atoms with van der Waals surface area (Å²) in [7, 11) is 0. The molecule has 2 rings (SSSR count). The highest BCUT2D eigenvalue weighted by atomic mass is 16.5. The van der Waals surface area contributed by atoms with Crippen LogP contribution in [0.25, 0.3) is 12.2 Å². The van der Waals surface area contributed by atoms with E-state index in [1.165, 1.54) is 6.20 Å². The first-order valence-electron chi connectivity index (χ1n) is 8.56. The first-order chi connectivity index (χ1) is 12.0. The average Bonchev–Trinajstić information content (AvgIpc) is 2.98. The summed E-state index contributed by atoms with van der Waals surface area (Å²) in [6.45, 7) is 5.68. The number of carbonyl (C=O) groups is 1. The Morgan fingerprint density at radius 3 is 2.84 bits per heavy atom. The minimum atomic E-state index is -0.287. The Morgan fingerprint density at radius 1 is 1.40 bits per heavy atom. The lowest BCUT2D eigenvalue weighted by atomic mass is 10.1. The van der Waals surface area contributed by atoms with Gasteiger partial charge < -0.3 is 14.9 Å². The minimum Gasteiger partial charge on any atom is -0.394 e. The Kier molecular flexibility index (Phi) is 6.89. The van der Waals surface area contributed by atoms with Crippen LogP contribution in [0.2, 0.25) is 0 Å². The van der Waals surface area contributed by atoms with Crippen molar-refractivity contribution in [3.63, 3.8) is 0 Å². The third kappa shape index (κ3) is 5.26. The van der Waals surface area contributed by atoms with Crippen LogP contribution in [0.5, 0.6) is 0 Å². The van der Waals surface area contributed by atoms with E-state index in [0.717, 1.165) is 42.0 Å². The van der Waals surface area contributed by atoms with Crippen molar-refractivity contribution in [2.45, 2.75) is 46.1 Å². The van der Waals surface area contributed by atoms with Crippen LogP contribution in [0.3, 0.4) is 0 Å². The molecule has 1 atom stereocenters. The molecule has 0 fully saturated rings. The molecule has 2 aromatic heterocycles. The quantitative estimate of drug-likeness (QED) is 0.769. The number of nitrogens with one attached hydrogen (secondary N) is 1. The molecular weight excluding hydrogens is 318 g/mol. The molecule has 2 N–H and O–H groups in total. The zero-order chi connectivity index (χ0) is 18.2. The molecule has 0 aliphatic rings. The van der Waals surface area contributed by atoms with Crippen molar-refractivity contribution in [3.05, 3.63) is 46.6 Å². The lowest BCUT2D eigenvalue weighted by molar-refractivity contribution is 0.0922. The minimum absolute atomic E-state index is 0.0988. The van der Waals surface area contributed by atoms with Gasteiger partial charge in [0.15, 0.2) is 0 Å². The summed E-state index contributed by atoms with van der Waals surface area (Å²) in [4.78, 5) is 16.3. The molecule has 0 spiro atoms. The van der Waals surface area contributed by atoms with E-state index in [9.17, 15) is 4.79 Å². The Balaban J connectivity index is 2.07. The molecule has 6 nitrogen and oxygen atoms in total. The van der Waals surface area contributed by atoms with Crippen LogP contribution in [0.4, 0.5) is 0 Å². The predicted molar refractivity (Wildman–Crippen MR) is 97.0 cm³/mol. The Hall–Kier alpha value is -2.47. The topological polar surface area (TPSA) is 88.2 Å². The largest absolute Gasteiger partial charge is 0.394 e. The van der Waals surface area contributed by atoms with Crippen LogP contribution in [-0.4, -0.2) is 33.8 Å². The van der Waals surface area contributed by atoms with Gasteiger partial charge in [-0.15, -0.1) is 0 Å². The third-order valence-corrected chi connectivity index (χ3v) is 3.87. The van der Waals surface area contributed by atoms with Crippen LogP contribution in [-0.2, 0) is 6.42 Å². The fourth-order valence-electron chi connectivity index (χ4n) is 2.32. The summed E-state index contributed by atoms with van der Waals surface area (Å²) in [5, 5.41) is 15.8. The van der Waals surface area contributed by atoms with Gasteiger partial charge in [0.2, 0.25) is 0 Å². The van der Waals surface area contributed by atoms with E-state index < -0.39 is 0 Å². The van der Waals surface area contributed by atoms with Crippen molar-refractivity contribution >= 4 is 18.1 Å². The Bertz CT molecular complexity index is 720. The second-order valence-corrected chi connectivity index (χ2v) is 6.06. The number of aromatic nitrogens is 2. The molecular formula is C19H25N3O3. The highest BCUT2D eigenvalue weighted by Crippen LogP contribution is 2.18. The molecule has 0 aliphatic carbocycles. The van der Waals surface area contributed by atoms with E-state index >= 15 is 0 Å². The number of aliphatic hydroxyl groups excluding tert-OH is 1. The predicted octanol–water partition coefficient (Wildman–Crippen LogP) is 3.00. The first-order valence-corrected chi connectivity index (χ1v) is 8.56.